The Kier molecular flexibility index (Phi) is 7.23. The van der Waals surface area contributed by atoms with Crippen LogP contribution in [0.3, 0.4) is 0 Å². The van der Waals surface area contributed by atoms with Gasteiger partial charge in [0, 0.05) is 44.5 Å². The fourth-order valence-electron chi connectivity index (χ4n) is 3.65. The number of pyridine rings is 2. The summed E-state index contributed by atoms with van der Waals surface area (Å²) in [7, 11) is 3.55. The Hall–Kier alpha value is -2.60. The number of hydrogen-bond acceptors (Lipinski definition) is 7. The SMILES string of the molecule is CN1CCN(Cc2ccc(N(C)C(=O)Cc3cc(NC4CC4)c(I)cn3)nc2C=O)C(=O)C1. The Balaban J connectivity index is 1.44. The van der Waals surface area contributed by atoms with Crippen LogP contribution in [0.1, 0.15) is 34.6 Å². The van der Waals surface area contributed by atoms with Crippen molar-refractivity contribution in [1.29, 1.82) is 0 Å². The predicted octanol–water partition coefficient (Wildman–Crippen LogP) is 1.95. The summed E-state index contributed by atoms with van der Waals surface area (Å²) in [6, 6.07) is 5.91. The van der Waals surface area contributed by atoms with Gasteiger partial charge in [0.05, 0.1) is 27.9 Å². The number of nitrogens with zero attached hydrogens (tertiary/aromatic N) is 5. The van der Waals surface area contributed by atoms with E-state index < -0.39 is 0 Å². The number of halogens is 1. The summed E-state index contributed by atoms with van der Waals surface area (Å²) in [5.74, 6) is 0.238. The summed E-state index contributed by atoms with van der Waals surface area (Å²) in [6.07, 6.45) is 4.90. The van der Waals surface area contributed by atoms with Gasteiger partial charge in [-0.1, -0.05) is 6.07 Å². The van der Waals surface area contributed by atoms with Gasteiger partial charge >= 0.3 is 0 Å². The highest BCUT2D eigenvalue weighted by Gasteiger charge is 2.24. The van der Waals surface area contributed by atoms with Gasteiger partial charge in [-0.2, -0.15) is 0 Å². The molecule has 4 rings (SSSR count). The van der Waals surface area contributed by atoms with E-state index >= 15 is 0 Å². The summed E-state index contributed by atoms with van der Waals surface area (Å²) in [5.41, 5.74) is 2.59. The quantitative estimate of drug-likeness (QED) is 0.388. The Bertz CT molecular complexity index is 1070. The molecule has 1 saturated carbocycles. The minimum Gasteiger partial charge on any atom is -0.381 e. The van der Waals surface area contributed by atoms with Crippen LogP contribution in [0.25, 0.3) is 0 Å². The lowest BCUT2D eigenvalue weighted by Gasteiger charge is -2.32. The summed E-state index contributed by atoms with van der Waals surface area (Å²) in [6.45, 7) is 2.09. The van der Waals surface area contributed by atoms with Gasteiger partial charge in [-0.3, -0.25) is 29.2 Å². The fraction of sp³-hybridized carbons (Fsp3) is 0.435. The van der Waals surface area contributed by atoms with Gasteiger partial charge in [-0.05, 0) is 54.6 Å². The van der Waals surface area contributed by atoms with Crippen molar-refractivity contribution in [3.05, 3.63) is 44.9 Å². The zero-order chi connectivity index (χ0) is 23.5. The first-order valence-corrected chi connectivity index (χ1v) is 12.0. The average Bonchev–Trinajstić information content (AvgIpc) is 3.61. The molecular formula is C23H27IN6O3. The van der Waals surface area contributed by atoms with Gasteiger partial charge in [0.1, 0.15) is 11.5 Å². The van der Waals surface area contributed by atoms with E-state index in [-0.39, 0.29) is 23.9 Å². The Morgan fingerprint density at radius 2 is 2.12 bits per heavy atom. The monoisotopic (exact) mass is 562 g/mol. The maximum absolute atomic E-state index is 12.9. The molecule has 1 aliphatic carbocycles. The molecule has 2 aliphatic rings. The molecule has 1 saturated heterocycles. The third-order valence-electron chi connectivity index (χ3n) is 5.88. The van der Waals surface area contributed by atoms with Crippen molar-refractivity contribution in [3.8, 4) is 0 Å². The molecule has 33 heavy (non-hydrogen) atoms. The molecule has 174 valence electrons. The molecule has 0 spiro atoms. The number of hydrogen-bond donors (Lipinski definition) is 1. The Morgan fingerprint density at radius 3 is 2.82 bits per heavy atom. The van der Waals surface area contributed by atoms with E-state index in [1.54, 1.807) is 30.3 Å². The smallest absolute Gasteiger partial charge is 0.237 e. The minimum atomic E-state index is -0.174. The highest BCUT2D eigenvalue weighted by Crippen LogP contribution is 2.28. The molecule has 0 bridgehead atoms. The van der Waals surface area contributed by atoms with Crippen molar-refractivity contribution in [2.75, 3.05) is 43.9 Å². The first kappa shape index (κ1) is 23.6. The Labute approximate surface area is 206 Å². The molecule has 1 N–H and O–H groups in total. The topological polar surface area (TPSA) is 98.7 Å². The van der Waals surface area contributed by atoms with Gasteiger partial charge in [0.15, 0.2) is 6.29 Å². The number of amides is 2. The molecule has 2 aromatic heterocycles. The lowest BCUT2D eigenvalue weighted by atomic mass is 10.1. The number of carbonyl (C=O) groups excluding carboxylic acids is 3. The van der Waals surface area contributed by atoms with Crippen LogP contribution in [0, 0.1) is 3.57 Å². The largest absolute Gasteiger partial charge is 0.381 e. The molecular weight excluding hydrogens is 535 g/mol. The van der Waals surface area contributed by atoms with Gasteiger partial charge in [-0.25, -0.2) is 4.98 Å². The number of rotatable bonds is 8. The number of piperazine rings is 1. The Morgan fingerprint density at radius 1 is 1.33 bits per heavy atom. The molecule has 0 radical (unpaired) electrons. The van der Waals surface area contributed by atoms with Crippen molar-refractivity contribution in [3.63, 3.8) is 0 Å². The van der Waals surface area contributed by atoms with Crippen molar-refractivity contribution >= 4 is 52.2 Å². The molecule has 2 aromatic rings. The minimum absolute atomic E-state index is 0.0255. The number of likely N-dealkylation sites (N-methyl/N-ethyl adjacent to an activating group) is 2. The van der Waals surface area contributed by atoms with Crippen LogP contribution in [0.2, 0.25) is 0 Å². The number of carbonyl (C=O) groups is 3. The highest BCUT2D eigenvalue weighted by atomic mass is 127. The number of aromatic nitrogens is 2. The molecule has 10 heteroatoms. The van der Waals surface area contributed by atoms with Crippen LogP contribution in [-0.4, -0.2) is 77.6 Å². The molecule has 2 amide bonds. The second-order valence-corrected chi connectivity index (χ2v) is 9.75. The first-order chi connectivity index (χ1) is 15.8. The van der Waals surface area contributed by atoms with Gasteiger partial charge in [0.25, 0.3) is 0 Å². The lowest BCUT2D eigenvalue weighted by molar-refractivity contribution is -0.136. The summed E-state index contributed by atoms with van der Waals surface area (Å²) < 4.78 is 1.02. The van der Waals surface area contributed by atoms with Crippen molar-refractivity contribution in [1.82, 2.24) is 19.8 Å². The molecule has 0 atom stereocenters. The molecule has 1 aliphatic heterocycles. The maximum atomic E-state index is 12.9. The van der Waals surface area contributed by atoms with Crippen molar-refractivity contribution in [2.45, 2.75) is 31.8 Å². The van der Waals surface area contributed by atoms with Crippen molar-refractivity contribution < 1.29 is 14.4 Å². The second kappa shape index (κ2) is 10.1. The van der Waals surface area contributed by atoms with Crippen LogP contribution in [0.5, 0.6) is 0 Å². The zero-order valence-corrected chi connectivity index (χ0v) is 20.9. The molecule has 2 fully saturated rings. The number of aldehydes is 1. The van der Waals surface area contributed by atoms with E-state index in [1.807, 2.05) is 18.0 Å². The zero-order valence-electron chi connectivity index (χ0n) is 18.8. The number of nitrogens with one attached hydrogen (secondary N) is 1. The first-order valence-electron chi connectivity index (χ1n) is 10.9. The van der Waals surface area contributed by atoms with Crippen LogP contribution < -0.4 is 10.2 Å². The van der Waals surface area contributed by atoms with E-state index in [0.717, 1.165) is 15.8 Å². The molecule has 3 heterocycles. The van der Waals surface area contributed by atoms with Crippen LogP contribution in [-0.2, 0) is 22.6 Å². The van der Waals surface area contributed by atoms with Crippen LogP contribution in [0.4, 0.5) is 11.5 Å². The van der Waals surface area contributed by atoms with E-state index in [0.29, 0.717) is 49.0 Å². The average molecular weight is 562 g/mol. The third kappa shape index (κ3) is 5.85. The van der Waals surface area contributed by atoms with E-state index in [4.69, 9.17) is 0 Å². The number of anilines is 2. The van der Waals surface area contributed by atoms with Gasteiger partial charge in [0.2, 0.25) is 11.8 Å². The third-order valence-corrected chi connectivity index (χ3v) is 6.74. The summed E-state index contributed by atoms with van der Waals surface area (Å²) >= 11 is 2.24. The highest BCUT2D eigenvalue weighted by molar-refractivity contribution is 14.1. The standard InChI is InChI=1S/C23H27IN6O3/c1-28-7-8-30(23(33)13-28)12-15-3-6-21(27-20(15)14-31)29(2)22(32)10-17-9-19(18(24)11-25-17)26-16-4-5-16/h3,6,9,11,14,16H,4-5,7-8,10,12-13H2,1-2H3,(H,25,26). The maximum Gasteiger partial charge on any atom is 0.237 e. The van der Waals surface area contributed by atoms with E-state index in [2.05, 4.69) is 37.9 Å². The summed E-state index contributed by atoms with van der Waals surface area (Å²) in [4.78, 5) is 50.8. The molecule has 0 unspecified atom stereocenters. The fourth-order valence-corrected chi connectivity index (χ4v) is 4.10. The predicted molar refractivity (Wildman–Crippen MR) is 133 cm³/mol. The van der Waals surface area contributed by atoms with Gasteiger partial charge in [-0.15, -0.1) is 0 Å². The summed E-state index contributed by atoms with van der Waals surface area (Å²) in [5, 5.41) is 3.46. The second-order valence-electron chi connectivity index (χ2n) is 8.59. The lowest BCUT2D eigenvalue weighted by Crippen LogP contribution is -2.48. The normalized spacial score (nSPS) is 16.6. The van der Waals surface area contributed by atoms with Crippen LogP contribution in [0.15, 0.2) is 24.4 Å². The van der Waals surface area contributed by atoms with Crippen LogP contribution >= 0.6 is 22.6 Å². The molecule has 9 nitrogen and oxygen atoms in total. The van der Waals surface area contributed by atoms with E-state index in [9.17, 15) is 14.4 Å². The molecule has 0 aromatic carbocycles. The van der Waals surface area contributed by atoms with E-state index in [1.165, 1.54) is 17.7 Å². The van der Waals surface area contributed by atoms with Gasteiger partial charge < -0.3 is 10.2 Å². The van der Waals surface area contributed by atoms with Crippen molar-refractivity contribution in [2.24, 2.45) is 0 Å².